The summed E-state index contributed by atoms with van der Waals surface area (Å²) in [5, 5.41) is 8.80. The van der Waals surface area contributed by atoms with Gasteiger partial charge in [-0.2, -0.15) is 18.4 Å². The standard InChI is InChI=1S/C22H20F5N3O4S/c1-13(22(25,26)27)34-20-4-3-15(35(2,32)33)11-16(20)21(31)30-7-5-29(6-8-30)14-9-18(23)17(12-28)19(24)10-14/h3-4,9-11,13H,5-8H2,1-2H3. The third kappa shape index (κ3) is 5.82. The van der Waals surface area contributed by atoms with Gasteiger partial charge < -0.3 is 14.5 Å². The van der Waals surface area contributed by atoms with Gasteiger partial charge in [0, 0.05) is 38.1 Å². The number of nitrogens with zero attached hydrogens (tertiary/aromatic N) is 3. The molecule has 2 aromatic rings. The van der Waals surface area contributed by atoms with Gasteiger partial charge in [-0.1, -0.05) is 0 Å². The molecular formula is C22H20F5N3O4S. The fraction of sp³-hybridized carbons (Fsp3) is 0.364. The molecule has 1 heterocycles. The molecule has 0 saturated carbocycles. The molecule has 0 bridgehead atoms. The Balaban J connectivity index is 1.84. The normalized spacial score (nSPS) is 15.5. The van der Waals surface area contributed by atoms with E-state index in [2.05, 4.69) is 0 Å². The van der Waals surface area contributed by atoms with E-state index < -0.39 is 51.0 Å². The van der Waals surface area contributed by atoms with Gasteiger partial charge in [0.2, 0.25) is 0 Å². The summed E-state index contributed by atoms with van der Waals surface area (Å²) in [6.07, 6.45) is -6.08. The molecule has 3 rings (SSSR count). The van der Waals surface area contributed by atoms with Crippen LogP contribution >= 0.6 is 0 Å². The van der Waals surface area contributed by atoms with Crippen LogP contribution in [0.4, 0.5) is 27.6 Å². The van der Waals surface area contributed by atoms with Crippen molar-refractivity contribution in [2.45, 2.75) is 24.1 Å². The zero-order chi connectivity index (χ0) is 26.1. The van der Waals surface area contributed by atoms with Crippen molar-refractivity contribution in [1.82, 2.24) is 4.90 Å². The minimum atomic E-state index is -4.72. The number of halogens is 5. The Kier molecular flexibility index (Phi) is 7.26. The van der Waals surface area contributed by atoms with Crippen molar-refractivity contribution in [3.8, 4) is 11.8 Å². The number of nitriles is 1. The smallest absolute Gasteiger partial charge is 0.425 e. The Hall–Kier alpha value is -3.40. The van der Waals surface area contributed by atoms with E-state index >= 15 is 0 Å². The third-order valence-corrected chi connectivity index (χ3v) is 6.56. The molecule has 1 aliphatic heterocycles. The van der Waals surface area contributed by atoms with E-state index in [1.54, 1.807) is 4.90 Å². The molecule has 1 amide bonds. The minimum Gasteiger partial charge on any atom is -0.480 e. The van der Waals surface area contributed by atoms with Crippen LogP contribution in [0.3, 0.4) is 0 Å². The third-order valence-electron chi connectivity index (χ3n) is 5.44. The Labute approximate surface area is 198 Å². The highest BCUT2D eigenvalue weighted by Gasteiger charge is 2.39. The van der Waals surface area contributed by atoms with Crippen molar-refractivity contribution in [3.05, 3.63) is 53.1 Å². The number of rotatable bonds is 5. The number of piperazine rings is 1. The lowest BCUT2D eigenvalue weighted by Crippen LogP contribution is -2.49. The molecule has 0 aliphatic carbocycles. The van der Waals surface area contributed by atoms with E-state index in [0.29, 0.717) is 0 Å². The molecule has 1 unspecified atom stereocenters. The number of alkyl halides is 3. The van der Waals surface area contributed by atoms with Crippen LogP contribution in [-0.4, -0.2) is 63.9 Å². The van der Waals surface area contributed by atoms with Crippen molar-refractivity contribution < 1.29 is 39.9 Å². The maximum absolute atomic E-state index is 14.0. The summed E-state index contributed by atoms with van der Waals surface area (Å²) in [6, 6.07) is 6.45. The Morgan fingerprint density at radius 3 is 2.14 bits per heavy atom. The number of carbonyl (C=O) groups is 1. The maximum atomic E-state index is 14.0. The van der Waals surface area contributed by atoms with Gasteiger partial charge in [0.05, 0.1) is 10.5 Å². The second-order valence-electron chi connectivity index (χ2n) is 7.91. The van der Waals surface area contributed by atoms with Crippen LogP contribution < -0.4 is 9.64 Å². The number of amides is 1. The summed E-state index contributed by atoms with van der Waals surface area (Å²) < 4.78 is 95.8. The summed E-state index contributed by atoms with van der Waals surface area (Å²) in [7, 11) is -3.77. The van der Waals surface area contributed by atoms with Crippen LogP contribution in [0.2, 0.25) is 0 Å². The van der Waals surface area contributed by atoms with Crippen LogP contribution in [-0.2, 0) is 9.84 Å². The predicted octanol–water partition coefficient (Wildman–Crippen LogP) is 3.53. The monoisotopic (exact) mass is 517 g/mol. The van der Waals surface area contributed by atoms with Crippen molar-refractivity contribution in [3.63, 3.8) is 0 Å². The maximum Gasteiger partial charge on any atom is 0.425 e. The average Bonchev–Trinajstić information content (AvgIpc) is 2.77. The van der Waals surface area contributed by atoms with Crippen molar-refractivity contribution in [2.75, 3.05) is 37.3 Å². The zero-order valence-corrected chi connectivity index (χ0v) is 19.4. The predicted molar refractivity (Wildman–Crippen MR) is 115 cm³/mol. The lowest BCUT2D eigenvalue weighted by atomic mass is 10.1. The van der Waals surface area contributed by atoms with Crippen LogP contribution in [0, 0.1) is 23.0 Å². The first-order valence-corrected chi connectivity index (χ1v) is 12.1. The Morgan fingerprint density at radius 1 is 1.09 bits per heavy atom. The summed E-state index contributed by atoms with van der Waals surface area (Å²) in [5.41, 5.74) is -0.907. The second-order valence-corrected chi connectivity index (χ2v) is 9.92. The molecule has 0 N–H and O–H groups in total. The van der Waals surface area contributed by atoms with Crippen molar-refractivity contribution in [1.29, 1.82) is 5.26 Å². The van der Waals surface area contributed by atoms with Crippen LogP contribution in [0.1, 0.15) is 22.8 Å². The number of sulfone groups is 1. The van der Waals surface area contributed by atoms with Gasteiger partial charge in [0.1, 0.15) is 29.0 Å². The molecule has 13 heteroatoms. The van der Waals surface area contributed by atoms with E-state index in [1.807, 2.05) is 0 Å². The van der Waals surface area contributed by atoms with Gasteiger partial charge in [-0.05, 0) is 37.3 Å². The van der Waals surface area contributed by atoms with Gasteiger partial charge in [-0.15, -0.1) is 0 Å². The van der Waals surface area contributed by atoms with Crippen molar-refractivity contribution in [2.24, 2.45) is 0 Å². The molecule has 2 aromatic carbocycles. The number of anilines is 1. The largest absolute Gasteiger partial charge is 0.480 e. The molecule has 1 atom stereocenters. The van der Waals surface area contributed by atoms with E-state index in [4.69, 9.17) is 10.00 Å². The lowest BCUT2D eigenvalue weighted by Gasteiger charge is -2.36. The van der Waals surface area contributed by atoms with Gasteiger partial charge in [0.25, 0.3) is 5.91 Å². The fourth-order valence-electron chi connectivity index (χ4n) is 3.45. The van der Waals surface area contributed by atoms with Gasteiger partial charge >= 0.3 is 6.18 Å². The highest BCUT2D eigenvalue weighted by atomic mass is 32.2. The molecule has 1 fully saturated rings. The fourth-order valence-corrected chi connectivity index (χ4v) is 4.10. The van der Waals surface area contributed by atoms with E-state index in [9.17, 15) is 35.2 Å². The molecule has 0 spiro atoms. The van der Waals surface area contributed by atoms with E-state index in [0.717, 1.165) is 43.5 Å². The first kappa shape index (κ1) is 26.2. The molecule has 35 heavy (non-hydrogen) atoms. The number of benzene rings is 2. The molecular weight excluding hydrogens is 497 g/mol. The molecule has 188 valence electrons. The summed E-state index contributed by atoms with van der Waals surface area (Å²) in [6.45, 7) is 1.06. The Morgan fingerprint density at radius 2 is 1.66 bits per heavy atom. The van der Waals surface area contributed by atoms with Crippen LogP contribution in [0.15, 0.2) is 35.2 Å². The van der Waals surface area contributed by atoms with Gasteiger partial charge in [-0.3, -0.25) is 4.79 Å². The van der Waals surface area contributed by atoms with Gasteiger partial charge in [0.15, 0.2) is 15.9 Å². The highest BCUT2D eigenvalue weighted by molar-refractivity contribution is 7.90. The average molecular weight is 517 g/mol. The second kappa shape index (κ2) is 9.69. The zero-order valence-electron chi connectivity index (χ0n) is 18.6. The van der Waals surface area contributed by atoms with Crippen molar-refractivity contribution >= 4 is 21.4 Å². The first-order valence-electron chi connectivity index (χ1n) is 10.2. The van der Waals surface area contributed by atoms with Gasteiger partial charge in [-0.25, -0.2) is 17.2 Å². The topological polar surface area (TPSA) is 90.7 Å². The van der Waals surface area contributed by atoms with Crippen LogP contribution in [0.5, 0.6) is 5.75 Å². The van der Waals surface area contributed by atoms with E-state index in [1.165, 1.54) is 11.0 Å². The highest BCUT2D eigenvalue weighted by Crippen LogP contribution is 2.30. The summed E-state index contributed by atoms with van der Waals surface area (Å²) in [4.78, 5) is 15.7. The molecule has 0 radical (unpaired) electrons. The number of ether oxygens (including phenoxy) is 1. The van der Waals surface area contributed by atoms with E-state index in [-0.39, 0.29) is 42.3 Å². The first-order chi connectivity index (χ1) is 16.2. The molecule has 1 saturated heterocycles. The SMILES string of the molecule is CC(Oc1ccc(S(C)(=O)=O)cc1C(=O)N1CCN(c2cc(F)c(C#N)c(F)c2)CC1)C(F)(F)F. The van der Waals surface area contributed by atoms with Crippen LogP contribution in [0.25, 0.3) is 0 Å². The molecule has 0 aromatic heterocycles. The number of carbonyl (C=O) groups excluding carboxylic acids is 1. The number of hydrogen-bond acceptors (Lipinski definition) is 6. The minimum absolute atomic E-state index is 0.0272. The quantitative estimate of drug-likeness (QED) is 0.564. The molecule has 1 aliphatic rings. The Bertz CT molecular complexity index is 1260. The summed E-state index contributed by atoms with van der Waals surface area (Å²) >= 11 is 0. The summed E-state index contributed by atoms with van der Waals surface area (Å²) in [5.74, 6) is -3.24. The lowest BCUT2D eigenvalue weighted by molar-refractivity contribution is -0.189. The number of hydrogen-bond donors (Lipinski definition) is 0. The molecule has 7 nitrogen and oxygen atoms in total.